The van der Waals surface area contributed by atoms with Gasteiger partial charge in [0.05, 0.1) is 26.4 Å². The molecule has 0 unspecified atom stereocenters. The van der Waals surface area contributed by atoms with Gasteiger partial charge in [0.1, 0.15) is 18.0 Å². The molecule has 1 heterocycles. The van der Waals surface area contributed by atoms with Crippen molar-refractivity contribution in [2.24, 2.45) is 0 Å². The van der Waals surface area contributed by atoms with Crippen molar-refractivity contribution < 1.29 is 33.4 Å². The number of nitrogens with one attached hydrogen (secondary N) is 2. The van der Waals surface area contributed by atoms with Gasteiger partial charge in [-0.2, -0.15) is 0 Å². The Labute approximate surface area is 232 Å². The number of carbonyl (C=O) groups excluding carboxylic acids is 4. The predicted octanol–water partition coefficient (Wildman–Crippen LogP) is 4.09. The molecule has 0 bridgehead atoms. The number of ether oxygens (including phenoxy) is 3. The van der Waals surface area contributed by atoms with Gasteiger partial charge in [-0.15, -0.1) is 0 Å². The van der Waals surface area contributed by atoms with E-state index >= 15 is 0 Å². The van der Waals surface area contributed by atoms with Crippen LogP contribution in [0.3, 0.4) is 0 Å². The summed E-state index contributed by atoms with van der Waals surface area (Å²) in [7, 11) is 3.06. The summed E-state index contributed by atoms with van der Waals surface area (Å²) < 4.78 is 15.7. The SMILES string of the molecule is CCCCOC(=O)c1ccc(NC(=O)CN2C(=O)NC(c3ccc(OC)cc3)(c3ccc(OC)cc3)C2=O)cc1. The van der Waals surface area contributed by atoms with Crippen LogP contribution in [-0.2, 0) is 19.9 Å². The van der Waals surface area contributed by atoms with Crippen LogP contribution in [0.4, 0.5) is 10.5 Å². The van der Waals surface area contributed by atoms with Gasteiger partial charge in [0.15, 0.2) is 5.54 Å². The second kappa shape index (κ2) is 12.3. The molecule has 4 rings (SSSR count). The highest BCUT2D eigenvalue weighted by Crippen LogP contribution is 2.37. The van der Waals surface area contributed by atoms with Crippen LogP contribution < -0.4 is 20.1 Å². The fourth-order valence-corrected chi connectivity index (χ4v) is 4.39. The zero-order chi connectivity index (χ0) is 28.7. The van der Waals surface area contributed by atoms with Crippen molar-refractivity contribution in [3.63, 3.8) is 0 Å². The van der Waals surface area contributed by atoms with E-state index in [4.69, 9.17) is 14.2 Å². The molecule has 0 saturated carbocycles. The van der Waals surface area contributed by atoms with Crippen LogP contribution >= 0.6 is 0 Å². The number of methoxy groups -OCH3 is 2. The number of imide groups is 1. The van der Waals surface area contributed by atoms with E-state index in [-0.39, 0.29) is 0 Å². The second-order valence-electron chi connectivity index (χ2n) is 9.14. The number of urea groups is 1. The molecule has 10 heteroatoms. The van der Waals surface area contributed by atoms with Gasteiger partial charge in [0, 0.05) is 5.69 Å². The lowest BCUT2D eigenvalue weighted by atomic mass is 9.82. The van der Waals surface area contributed by atoms with Crippen LogP contribution in [0.5, 0.6) is 11.5 Å². The predicted molar refractivity (Wildman–Crippen MR) is 147 cm³/mol. The van der Waals surface area contributed by atoms with Crippen LogP contribution in [-0.4, -0.2) is 56.1 Å². The lowest BCUT2D eigenvalue weighted by molar-refractivity contribution is -0.133. The van der Waals surface area contributed by atoms with E-state index in [0.29, 0.717) is 40.5 Å². The molecule has 3 aromatic carbocycles. The molecule has 3 aromatic rings. The summed E-state index contributed by atoms with van der Waals surface area (Å²) in [6, 6.07) is 19.0. The van der Waals surface area contributed by atoms with E-state index in [1.54, 1.807) is 60.7 Å². The van der Waals surface area contributed by atoms with Crippen LogP contribution in [0.1, 0.15) is 41.3 Å². The number of hydrogen-bond donors (Lipinski definition) is 2. The molecular formula is C30H31N3O7. The molecule has 1 saturated heterocycles. The van der Waals surface area contributed by atoms with E-state index in [1.807, 2.05) is 6.92 Å². The maximum Gasteiger partial charge on any atom is 0.338 e. The molecule has 0 aromatic heterocycles. The van der Waals surface area contributed by atoms with Gasteiger partial charge in [0.25, 0.3) is 5.91 Å². The Hall–Kier alpha value is -4.86. The largest absolute Gasteiger partial charge is 0.497 e. The van der Waals surface area contributed by atoms with Gasteiger partial charge in [0.2, 0.25) is 5.91 Å². The highest BCUT2D eigenvalue weighted by atomic mass is 16.5. The number of anilines is 1. The first-order valence-corrected chi connectivity index (χ1v) is 12.8. The summed E-state index contributed by atoms with van der Waals surface area (Å²) in [6.45, 7) is 1.83. The molecule has 40 heavy (non-hydrogen) atoms. The lowest BCUT2D eigenvalue weighted by Crippen LogP contribution is -2.45. The Morgan fingerprint density at radius 1 is 0.850 bits per heavy atom. The quantitative estimate of drug-likeness (QED) is 0.211. The molecule has 2 N–H and O–H groups in total. The zero-order valence-corrected chi connectivity index (χ0v) is 22.6. The average molecular weight is 546 g/mol. The Morgan fingerprint density at radius 3 is 1.90 bits per heavy atom. The van der Waals surface area contributed by atoms with Crippen LogP contribution in [0.15, 0.2) is 72.8 Å². The average Bonchev–Trinajstić information content (AvgIpc) is 3.23. The van der Waals surface area contributed by atoms with Gasteiger partial charge >= 0.3 is 12.0 Å². The van der Waals surface area contributed by atoms with Crippen LogP contribution in [0, 0.1) is 0 Å². The van der Waals surface area contributed by atoms with Crippen molar-refractivity contribution in [3.8, 4) is 11.5 Å². The van der Waals surface area contributed by atoms with Crippen molar-refractivity contribution >= 4 is 29.5 Å². The third-order valence-electron chi connectivity index (χ3n) is 6.59. The molecule has 1 aliphatic heterocycles. The molecule has 10 nitrogen and oxygen atoms in total. The van der Waals surface area contributed by atoms with Crippen LogP contribution in [0.2, 0.25) is 0 Å². The first-order chi connectivity index (χ1) is 19.3. The second-order valence-corrected chi connectivity index (χ2v) is 9.14. The molecular weight excluding hydrogens is 514 g/mol. The number of rotatable bonds is 11. The van der Waals surface area contributed by atoms with E-state index in [2.05, 4.69) is 10.6 Å². The van der Waals surface area contributed by atoms with Gasteiger partial charge < -0.3 is 24.8 Å². The number of benzene rings is 3. The number of unbranched alkanes of at least 4 members (excludes halogenated alkanes) is 1. The fourth-order valence-electron chi connectivity index (χ4n) is 4.39. The molecule has 4 amide bonds. The minimum atomic E-state index is -1.56. The van der Waals surface area contributed by atoms with Gasteiger partial charge in [-0.25, -0.2) is 9.59 Å². The minimum absolute atomic E-state index is 0.342. The maximum atomic E-state index is 13.9. The highest BCUT2D eigenvalue weighted by Gasteiger charge is 2.54. The first kappa shape index (κ1) is 28.2. The highest BCUT2D eigenvalue weighted by molar-refractivity contribution is 6.12. The number of carbonyl (C=O) groups is 4. The lowest BCUT2D eigenvalue weighted by Gasteiger charge is -2.28. The number of amides is 4. The smallest absolute Gasteiger partial charge is 0.338 e. The van der Waals surface area contributed by atoms with E-state index in [1.165, 1.54) is 26.4 Å². The van der Waals surface area contributed by atoms with E-state index in [9.17, 15) is 19.2 Å². The van der Waals surface area contributed by atoms with Crippen LogP contribution in [0.25, 0.3) is 0 Å². The minimum Gasteiger partial charge on any atom is -0.497 e. The summed E-state index contributed by atoms with van der Waals surface area (Å²) in [5, 5.41) is 5.48. The Kier molecular flexibility index (Phi) is 8.68. The van der Waals surface area contributed by atoms with Crippen molar-refractivity contribution in [2.45, 2.75) is 25.3 Å². The van der Waals surface area contributed by atoms with E-state index in [0.717, 1.165) is 17.7 Å². The standard InChI is InChI=1S/C30H31N3O7/c1-4-5-18-40-27(35)20-6-12-23(13-7-20)31-26(34)19-33-28(36)30(32-29(33)37,21-8-14-24(38-2)15-9-21)22-10-16-25(39-3)17-11-22/h6-17H,4-5,18-19H2,1-3H3,(H,31,34)(H,32,37). The zero-order valence-electron chi connectivity index (χ0n) is 22.6. The topological polar surface area (TPSA) is 123 Å². The molecule has 208 valence electrons. The Morgan fingerprint density at radius 2 is 1.40 bits per heavy atom. The Balaban J connectivity index is 1.53. The summed E-state index contributed by atoms with van der Waals surface area (Å²) in [5.41, 5.74) is 0.198. The third kappa shape index (κ3) is 5.75. The molecule has 0 spiro atoms. The van der Waals surface area contributed by atoms with Crippen molar-refractivity contribution in [1.82, 2.24) is 10.2 Å². The Bertz CT molecular complexity index is 1320. The first-order valence-electron chi connectivity index (χ1n) is 12.8. The third-order valence-corrected chi connectivity index (χ3v) is 6.59. The molecule has 0 radical (unpaired) electrons. The number of esters is 1. The molecule has 1 aliphatic rings. The fraction of sp³-hybridized carbons (Fsp3) is 0.267. The number of nitrogens with zero attached hydrogens (tertiary/aromatic N) is 1. The molecule has 0 aliphatic carbocycles. The summed E-state index contributed by atoms with van der Waals surface area (Å²) in [6.07, 6.45) is 1.69. The monoisotopic (exact) mass is 545 g/mol. The van der Waals surface area contributed by atoms with E-state index < -0.39 is 35.9 Å². The summed E-state index contributed by atoms with van der Waals surface area (Å²) >= 11 is 0. The van der Waals surface area contributed by atoms with Crippen molar-refractivity contribution in [1.29, 1.82) is 0 Å². The summed E-state index contributed by atoms with van der Waals surface area (Å²) in [4.78, 5) is 52.9. The van der Waals surface area contributed by atoms with Gasteiger partial charge in [-0.1, -0.05) is 37.6 Å². The molecule has 0 atom stereocenters. The normalized spacial score (nSPS) is 13.9. The van der Waals surface area contributed by atoms with Crippen molar-refractivity contribution in [3.05, 3.63) is 89.5 Å². The summed E-state index contributed by atoms with van der Waals surface area (Å²) in [5.74, 6) is -0.460. The van der Waals surface area contributed by atoms with Gasteiger partial charge in [-0.3, -0.25) is 14.5 Å². The van der Waals surface area contributed by atoms with Gasteiger partial charge in [-0.05, 0) is 66.1 Å². The maximum absolute atomic E-state index is 13.9. The van der Waals surface area contributed by atoms with Crippen molar-refractivity contribution in [2.75, 3.05) is 32.7 Å². The number of hydrogen-bond acceptors (Lipinski definition) is 7. The molecule has 1 fully saturated rings.